The maximum Gasteiger partial charge on any atom is 0.433 e. The summed E-state index contributed by atoms with van der Waals surface area (Å²) in [5, 5.41) is 9.94. The molecule has 2 aromatic carbocycles. The van der Waals surface area contributed by atoms with Gasteiger partial charge in [0.2, 0.25) is 11.8 Å². The van der Waals surface area contributed by atoms with Gasteiger partial charge in [-0.2, -0.15) is 18.3 Å². The van der Waals surface area contributed by atoms with Crippen molar-refractivity contribution in [3.05, 3.63) is 88.0 Å². The fourth-order valence-electron chi connectivity index (χ4n) is 8.67. The van der Waals surface area contributed by atoms with E-state index >= 15 is 4.39 Å². The standard InChI is InChI=1S/C39H40F4N8O4/c1-48-35-26(4-2-6-31(35)51(38(48)55)32-12-13-34(52)46-37(32)54)23-14-16-49(17-15-23)20-22-8-10-25(11-9-22)50-21-24-18-30(27(40)19-29(24)47-50)45-36(53)28-5-3-7-33(44-28)39(41,42)43/h2-7,18-19,21-23,25,32H,8-17,20H2,1H3,(H,45,53)(H,46,52,54). The van der Waals surface area contributed by atoms with E-state index in [-0.39, 0.29) is 35.7 Å². The number of carbonyl (C=O) groups excluding carboxylic acids is 3. The molecule has 8 rings (SSSR count). The molecule has 0 spiro atoms. The van der Waals surface area contributed by atoms with E-state index in [1.54, 1.807) is 16.2 Å². The number of likely N-dealkylation sites (tertiary alicyclic amines) is 1. The summed E-state index contributed by atoms with van der Waals surface area (Å²) in [7, 11) is 1.74. The van der Waals surface area contributed by atoms with E-state index < -0.39 is 41.2 Å². The first-order valence-corrected chi connectivity index (χ1v) is 18.6. The Morgan fingerprint density at radius 3 is 2.44 bits per heavy atom. The third-order valence-corrected chi connectivity index (χ3v) is 11.5. The molecule has 1 atom stereocenters. The zero-order valence-electron chi connectivity index (χ0n) is 30.1. The molecule has 55 heavy (non-hydrogen) atoms. The van der Waals surface area contributed by atoms with Crippen LogP contribution in [-0.4, -0.2) is 66.2 Å². The molecular weight excluding hydrogens is 720 g/mol. The molecule has 2 aliphatic heterocycles. The van der Waals surface area contributed by atoms with Crippen molar-refractivity contribution in [3.63, 3.8) is 0 Å². The number of alkyl halides is 3. The number of pyridine rings is 1. The molecule has 3 aromatic heterocycles. The molecule has 16 heteroatoms. The van der Waals surface area contributed by atoms with E-state index in [0.717, 1.165) is 87.4 Å². The van der Waals surface area contributed by atoms with Crippen LogP contribution < -0.4 is 16.3 Å². The van der Waals surface area contributed by atoms with Crippen LogP contribution in [0.3, 0.4) is 0 Å². The lowest BCUT2D eigenvalue weighted by atomic mass is 9.84. The van der Waals surface area contributed by atoms with Gasteiger partial charge in [-0.15, -0.1) is 0 Å². The Morgan fingerprint density at radius 1 is 0.964 bits per heavy atom. The van der Waals surface area contributed by atoms with Crippen molar-refractivity contribution >= 4 is 45.3 Å². The second-order valence-electron chi connectivity index (χ2n) is 15.0. The van der Waals surface area contributed by atoms with Gasteiger partial charge in [0.1, 0.15) is 23.2 Å². The number of halogens is 4. The predicted octanol–water partition coefficient (Wildman–Crippen LogP) is 6.08. The van der Waals surface area contributed by atoms with E-state index in [1.165, 1.54) is 12.1 Å². The first kappa shape index (κ1) is 36.6. The first-order chi connectivity index (χ1) is 26.3. The number of carbonyl (C=O) groups is 3. The Hall–Kier alpha value is -5.38. The molecule has 1 saturated carbocycles. The second-order valence-corrected chi connectivity index (χ2v) is 15.0. The maximum atomic E-state index is 15.0. The SMILES string of the molecule is Cn1c(=O)n(C2CCC(=O)NC2=O)c2cccc(C3CCN(CC4CCC(n5cc6cc(NC(=O)c7cccc(C(F)(F)F)n7)c(F)cc6n5)CC4)CC3)c21. The Bertz CT molecular complexity index is 2370. The summed E-state index contributed by atoms with van der Waals surface area (Å²) in [5.74, 6) is -1.68. The summed E-state index contributed by atoms with van der Waals surface area (Å²) >= 11 is 0. The highest BCUT2D eigenvalue weighted by Crippen LogP contribution is 2.37. The van der Waals surface area contributed by atoms with E-state index in [0.29, 0.717) is 28.8 Å². The van der Waals surface area contributed by atoms with Crippen LogP contribution in [0.25, 0.3) is 21.9 Å². The number of benzene rings is 2. The van der Waals surface area contributed by atoms with Gasteiger partial charge in [-0.1, -0.05) is 18.2 Å². The Balaban J connectivity index is 0.868. The van der Waals surface area contributed by atoms with Crippen LogP contribution in [0.1, 0.15) is 91.1 Å². The number of hydrogen-bond acceptors (Lipinski definition) is 7. The van der Waals surface area contributed by atoms with Crippen molar-refractivity contribution in [3.8, 4) is 0 Å². The number of amides is 3. The van der Waals surface area contributed by atoms with Crippen molar-refractivity contribution < 1.29 is 31.9 Å². The molecule has 3 aliphatic rings. The molecule has 0 radical (unpaired) electrons. The van der Waals surface area contributed by atoms with Crippen molar-refractivity contribution in [2.45, 2.75) is 75.5 Å². The van der Waals surface area contributed by atoms with Crippen LogP contribution in [0.15, 0.2) is 59.5 Å². The molecule has 3 amide bonds. The number of imide groups is 1. The summed E-state index contributed by atoms with van der Waals surface area (Å²) in [5.41, 5.74) is 0.968. The zero-order chi connectivity index (χ0) is 38.6. The quantitative estimate of drug-likeness (QED) is 0.152. The van der Waals surface area contributed by atoms with Crippen molar-refractivity contribution in [2.24, 2.45) is 13.0 Å². The minimum absolute atomic E-state index is 0.129. The smallest absolute Gasteiger partial charge is 0.318 e. The third kappa shape index (κ3) is 7.14. The molecule has 5 aromatic rings. The van der Waals surface area contributed by atoms with Gasteiger partial charge < -0.3 is 10.2 Å². The van der Waals surface area contributed by atoms with Gasteiger partial charge in [0.05, 0.1) is 28.3 Å². The highest BCUT2D eigenvalue weighted by molar-refractivity contribution is 6.04. The largest absolute Gasteiger partial charge is 0.433 e. The fraction of sp³-hybridized carbons (Fsp3) is 0.436. The topological polar surface area (TPSA) is 136 Å². The van der Waals surface area contributed by atoms with Crippen LogP contribution >= 0.6 is 0 Å². The highest BCUT2D eigenvalue weighted by atomic mass is 19.4. The van der Waals surface area contributed by atoms with Crippen molar-refractivity contribution in [2.75, 3.05) is 25.0 Å². The molecule has 288 valence electrons. The number of hydrogen-bond donors (Lipinski definition) is 2. The lowest BCUT2D eigenvalue weighted by molar-refractivity contribution is -0.141. The molecule has 12 nitrogen and oxygen atoms in total. The van der Waals surface area contributed by atoms with Crippen LogP contribution in [0.4, 0.5) is 23.2 Å². The van der Waals surface area contributed by atoms with Crippen LogP contribution in [-0.2, 0) is 22.8 Å². The van der Waals surface area contributed by atoms with Gasteiger partial charge in [-0.25, -0.2) is 14.2 Å². The predicted molar refractivity (Wildman–Crippen MR) is 195 cm³/mol. The Morgan fingerprint density at radius 2 is 1.71 bits per heavy atom. The second kappa shape index (κ2) is 14.4. The fourth-order valence-corrected chi connectivity index (χ4v) is 8.67. The molecule has 5 heterocycles. The average Bonchev–Trinajstić information content (AvgIpc) is 3.69. The number of anilines is 1. The normalized spacial score (nSPS) is 21.7. The lowest BCUT2D eigenvalue weighted by Crippen LogP contribution is -2.44. The van der Waals surface area contributed by atoms with Gasteiger partial charge in [-0.05, 0) is 99.7 Å². The summed E-state index contributed by atoms with van der Waals surface area (Å²) < 4.78 is 59.3. The van der Waals surface area contributed by atoms with E-state index in [1.807, 2.05) is 23.0 Å². The summed E-state index contributed by atoms with van der Waals surface area (Å²) in [4.78, 5) is 56.4. The minimum Gasteiger partial charge on any atom is -0.318 e. The first-order valence-electron chi connectivity index (χ1n) is 18.6. The number of imidazole rings is 1. The highest BCUT2D eigenvalue weighted by Gasteiger charge is 2.35. The number of aromatic nitrogens is 5. The number of fused-ring (bicyclic) bond motifs is 2. The molecular formula is C39H40F4N8O4. The van der Waals surface area contributed by atoms with E-state index in [9.17, 15) is 32.3 Å². The molecule has 1 unspecified atom stereocenters. The van der Waals surface area contributed by atoms with Crippen LogP contribution in [0.2, 0.25) is 0 Å². The summed E-state index contributed by atoms with van der Waals surface area (Å²) in [6.07, 6.45) is 3.31. The Labute approximate surface area is 312 Å². The van der Waals surface area contributed by atoms with E-state index in [4.69, 9.17) is 0 Å². The number of nitrogens with one attached hydrogen (secondary N) is 2. The molecule has 0 bridgehead atoms. The molecule has 2 N–H and O–H groups in total. The van der Waals surface area contributed by atoms with Gasteiger partial charge in [0.25, 0.3) is 5.91 Å². The van der Waals surface area contributed by atoms with Crippen molar-refractivity contribution in [1.82, 2.24) is 34.1 Å². The summed E-state index contributed by atoms with van der Waals surface area (Å²) in [6.45, 7) is 2.85. The molecule has 3 fully saturated rings. The van der Waals surface area contributed by atoms with Gasteiger partial charge in [0, 0.05) is 37.7 Å². The molecule has 1 aliphatic carbocycles. The molecule has 2 saturated heterocycles. The van der Waals surface area contributed by atoms with Crippen LogP contribution in [0.5, 0.6) is 0 Å². The Kier molecular flexibility index (Phi) is 9.55. The van der Waals surface area contributed by atoms with Crippen LogP contribution in [0, 0.1) is 11.7 Å². The lowest BCUT2D eigenvalue weighted by Gasteiger charge is -2.37. The number of para-hydroxylation sites is 1. The number of nitrogens with zero attached hydrogens (tertiary/aromatic N) is 6. The van der Waals surface area contributed by atoms with Gasteiger partial charge in [0.15, 0.2) is 0 Å². The van der Waals surface area contributed by atoms with Gasteiger partial charge in [-0.3, -0.25) is 33.5 Å². The van der Waals surface area contributed by atoms with Gasteiger partial charge >= 0.3 is 11.9 Å². The number of piperidine rings is 2. The van der Waals surface area contributed by atoms with E-state index in [2.05, 4.69) is 31.7 Å². The monoisotopic (exact) mass is 760 g/mol. The summed E-state index contributed by atoms with van der Waals surface area (Å²) in [6, 6.07) is 10.9. The zero-order valence-corrected chi connectivity index (χ0v) is 30.1. The minimum atomic E-state index is -4.72. The number of aryl methyl sites for hydroxylation is 1. The number of rotatable bonds is 7. The van der Waals surface area contributed by atoms with Crippen molar-refractivity contribution in [1.29, 1.82) is 0 Å². The maximum absolute atomic E-state index is 15.0. The third-order valence-electron chi connectivity index (χ3n) is 11.5. The average molecular weight is 761 g/mol.